The van der Waals surface area contributed by atoms with Crippen LogP contribution in [0.4, 0.5) is 4.39 Å². The smallest absolute Gasteiger partial charge is 0.234 e. The van der Waals surface area contributed by atoms with E-state index in [1.54, 1.807) is 12.1 Å². The molecule has 5 heteroatoms. The Morgan fingerprint density at radius 3 is 2.20 bits per heavy atom. The minimum absolute atomic E-state index is 0.0696. The summed E-state index contributed by atoms with van der Waals surface area (Å²) in [4.78, 5) is 10.9. The van der Waals surface area contributed by atoms with E-state index >= 15 is 0 Å². The molecular weight excluding hydrogens is 319 g/mol. The number of carbonyl (C=O) groups excluding carboxylic acids is 1. The van der Waals surface area contributed by atoms with Gasteiger partial charge in [0.15, 0.2) is 0 Å². The molecule has 0 heterocycles. The van der Waals surface area contributed by atoms with Gasteiger partial charge in [0.2, 0.25) is 5.91 Å². The van der Waals surface area contributed by atoms with Crippen molar-refractivity contribution in [1.29, 1.82) is 0 Å². The van der Waals surface area contributed by atoms with E-state index < -0.39 is 17.8 Å². The molecule has 0 spiro atoms. The maximum absolute atomic E-state index is 13.9. The van der Waals surface area contributed by atoms with Crippen molar-refractivity contribution < 1.29 is 13.9 Å². The molecule has 0 radical (unpaired) electrons. The summed E-state index contributed by atoms with van der Waals surface area (Å²) in [5, 5.41) is 0. The highest BCUT2D eigenvalue weighted by Crippen LogP contribution is 2.19. The van der Waals surface area contributed by atoms with Crippen molar-refractivity contribution >= 4 is 5.91 Å². The number of amides is 1. The van der Waals surface area contributed by atoms with Gasteiger partial charge in [-0.2, -0.15) is 0 Å². The van der Waals surface area contributed by atoms with Crippen LogP contribution >= 0.6 is 0 Å². The Morgan fingerprint density at radius 2 is 1.68 bits per heavy atom. The van der Waals surface area contributed by atoms with Crippen LogP contribution in [0, 0.1) is 5.82 Å². The normalized spacial score (nSPS) is 10.5. The van der Waals surface area contributed by atoms with E-state index in [1.165, 1.54) is 6.07 Å². The fraction of sp³-hybridized carbons (Fsp3) is 0.350. The SMILES string of the molecule is CC.CC.NC(=O)[C@@H](N)Cc1ccc(OCc2ccccc2)cc1F. The molecule has 138 valence electrons. The molecule has 0 aromatic heterocycles. The number of halogens is 1. The van der Waals surface area contributed by atoms with Crippen molar-refractivity contribution in [3.8, 4) is 5.75 Å². The minimum Gasteiger partial charge on any atom is -0.489 e. The van der Waals surface area contributed by atoms with Gasteiger partial charge in [-0.3, -0.25) is 4.79 Å². The second kappa shape index (κ2) is 13.0. The Morgan fingerprint density at radius 1 is 1.08 bits per heavy atom. The van der Waals surface area contributed by atoms with Crippen LogP contribution in [0.3, 0.4) is 0 Å². The number of hydrogen-bond acceptors (Lipinski definition) is 3. The van der Waals surface area contributed by atoms with E-state index in [1.807, 2.05) is 58.0 Å². The molecule has 1 atom stereocenters. The van der Waals surface area contributed by atoms with Crippen LogP contribution < -0.4 is 16.2 Å². The van der Waals surface area contributed by atoms with E-state index in [-0.39, 0.29) is 6.42 Å². The third-order valence-electron chi connectivity index (χ3n) is 3.08. The van der Waals surface area contributed by atoms with Crippen LogP contribution in [0.1, 0.15) is 38.8 Å². The molecule has 1 amide bonds. The summed E-state index contributed by atoms with van der Waals surface area (Å²) in [5.74, 6) is -0.691. The molecule has 0 bridgehead atoms. The fourth-order valence-corrected chi connectivity index (χ4v) is 1.86. The number of ether oxygens (including phenoxy) is 1. The molecule has 0 saturated heterocycles. The van der Waals surface area contributed by atoms with Gasteiger partial charge in [0, 0.05) is 6.07 Å². The number of benzene rings is 2. The Labute approximate surface area is 150 Å². The number of hydrogen-bond donors (Lipinski definition) is 2. The largest absolute Gasteiger partial charge is 0.489 e. The summed E-state index contributed by atoms with van der Waals surface area (Å²) in [6.45, 7) is 8.36. The first-order chi connectivity index (χ1) is 12.1. The zero-order chi connectivity index (χ0) is 19.2. The summed E-state index contributed by atoms with van der Waals surface area (Å²) in [7, 11) is 0. The standard InChI is InChI=1S/C16H17FN2O2.2C2H6/c17-14-9-13(21-10-11-4-2-1-3-5-11)7-6-12(14)8-15(18)16(19)20;2*1-2/h1-7,9,15H,8,10,18H2,(H2,19,20);2*1-2H3/t15-;;/m0../s1. The third-order valence-corrected chi connectivity index (χ3v) is 3.08. The van der Waals surface area contributed by atoms with Gasteiger partial charge in [-0.1, -0.05) is 64.1 Å². The van der Waals surface area contributed by atoms with E-state index in [4.69, 9.17) is 16.2 Å². The van der Waals surface area contributed by atoms with Gasteiger partial charge < -0.3 is 16.2 Å². The second-order valence-corrected chi connectivity index (χ2v) is 4.74. The van der Waals surface area contributed by atoms with E-state index in [0.717, 1.165) is 5.56 Å². The van der Waals surface area contributed by atoms with Crippen LogP contribution in [0.15, 0.2) is 48.5 Å². The highest BCUT2D eigenvalue weighted by atomic mass is 19.1. The average molecular weight is 348 g/mol. The van der Waals surface area contributed by atoms with Crippen LogP contribution in [0.5, 0.6) is 5.75 Å². The van der Waals surface area contributed by atoms with Crippen molar-refractivity contribution in [3.05, 3.63) is 65.5 Å². The summed E-state index contributed by atoms with van der Waals surface area (Å²) < 4.78 is 19.4. The van der Waals surface area contributed by atoms with Crippen molar-refractivity contribution in [2.45, 2.75) is 46.8 Å². The lowest BCUT2D eigenvalue weighted by atomic mass is 10.1. The molecule has 2 aromatic rings. The molecule has 0 aliphatic rings. The van der Waals surface area contributed by atoms with Crippen LogP contribution in [0.2, 0.25) is 0 Å². The van der Waals surface area contributed by atoms with Crippen molar-refractivity contribution in [2.24, 2.45) is 11.5 Å². The molecule has 0 unspecified atom stereocenters. The highest BCUT2D eigenvalue weighted by Gasteiger charge is 2.13. The van der Waals surface area contributed by atoms with E-state index in [2.05, 4.69) is 0 Å². The average Bonchev–Trinajstić information content (AvgIpc) is 2.66. The van der Waals surface area contributed by atoms with Gasteiger partial charge in [0.25, 0.3) is 0 Å². The lowest BCUT2D eigenvalue weighted by Crippen LogP contribution is -2.38. The first kappa shape index (κ1) is 22.6. The molecule has 0 saturated carbocycles. The first-order valence-corrected chi connectivity index (χ1v) is 8.56. The first-order valence-electron chi connectivity index (χ1n) is 8.56. The van der Waals surface area contributed by atoms with Crippen LogP contribution in [-0.2, 0) is 17.8 Å². The highest BCUT2D eigenvalue weighted by molar-refractivity contribution is 5.79. The molecule has 2 aromatic carbocycles. The molecule has 0 fully saturated rings. The Hall–Kier alpha value is -2.40. The van der Waals surface area contributed by atoms with Gasteiger partial charge in [-0.05, 0) is 23.6 Å². The van der Waals surface area contributed by atoms with Crippen molar-refractivity contribution in [1.82, 2.24) is 0 Å². The van der Waals surface area contributed by atoms with Gasteiger partial charge >= 0.3 is 0 Å². The quantitative estimate of drug-likeness (QED) is 0.833. The van der Waals surface area contributed by atoms with Crippen molar-refractivity contribution in [3.63, 3.8) is 0 Å². The predicted octanol–water partition coefficient (Wildman–Crippen LogP) is 3.81. The minimum atomic E-state index is -0.893. The van der Waals surface area contributed by atoms with Gasteiger partial charge in [0.1, 0.15) is 18.2 Å². The fourth-order valence-electron chi connectivity index (χ4n) is 1.86. The maximum atomic E-state index is 13.9. The third kappa shape index (κ3) is 8.31. The maximum Gasteiger partial charge on any atom is 0.234 e. The molecule has 0 aliphatic heterocycles. The molecule has 2 rings (SSSR count). The van der Waals surface area contributed by atoms with Gasteiger partial charge in [-0.15, -0.1) is 0 Å². The second-order valence-electron chi connectivity index (χ2n) is 4.74. The predicted molar refractivity (Wildman–Crippen MR) is 101 cm³/mol. The van der Waals surface area contributed by atoms with Crippen LogP contribution in [-0.4, -0.2) is 11.9 Å². The Balaban J connectivity index is 0.00000134. The summed E-state index contributed by atoms with van der Waals surface area (Å²) >= 11 is 0. The topological polar surface area (TPSA) is 78.3 Å². The van der Waals surface area contributed by atoms with Gasteiger partial charge in [-0.25, -0.2) is 4.39 Å². The van der Waals surface area contributed by atoms with Crippen LogP contribution in [0.25, 0.3) is 0 Å². The number of primary amides is 1. The summed E-state index contributed by atoms with van der Waals surface area (Å²) in [5.41, 5.74) is 11.9. The Bertz CT molecular complexity index is 618. The Kier molecular flexibility index (Phi) is 11.7. The number of rotatable bonds is 6. The number of carbonyl (C=O) groups is 1. The lowest BCUT2D eigenvalue weighted by molar-refractivity contribution is -0.119. The van der Waals surface area contributed by atoms with Gasteiger partial charge in [0.05, 0.1) is 6.04 Å². The van der Waals surface area contributed by atoms with Crippen molar-refractivity contribution in [2.75, 3.05) is 0 Å². The molecule has 0 aliphatic carbocycles. The lowest BCUT2D eigenvalue weighted by Gasteiger charge is -2.11. The van der Waals surface area contributed by atoms with E-state index in [9.17, 15) is 9.18 Å². The summed E-state index contributed by atoms with van der Waals surface area (Å²) in [6.07, 6.45) is 0.0696. The zero-order valence-electron chi connectivity index (χ0n) is 15.5. The molecule has 4 N–H and O–H groups in total. The zero-order valence-corrected chi connectivity index (χ0v) is 15.5. The summed E-state index contributed by atoms with van der Waals surface area (Å²) in [6, 6.07) is 13.2. The molecule has 25 heavy (non-hydrogen) atoms. The number of nitrogens with two attached hydrogens (primary N) is 2. The molecule has 4 nitrogen and oxygen atoms in total. The van der Waals surface area contributed by atoms with E-state index in [0.29, 0.717) is 17.9 Å². The molecular formula is C20H29FN2O2. The monoisotopic (exact) mass is 348 g/mol.